The Kier molecular flexibility index (Phi) is 29.4. The van der Waals surface area contributed by atoms with Crippen LogP contribution in [0.3, 0.4) is 0 Å². The summed E-state index contributed by atoms with van der Waals surface area (Å²) >= 11 is 0. The minimum atomic E-state index is -6.14. The van der Waals surface area contributed by atoms with Gasteiger partial charge in [-0.2, -0.15) is 79.0 Å². The zero-order valence-corrected chi connectivity index (χ0v) is 67.0. The maximum atomic E-state index is 13.1. The number of fused-ring (bicyclic) bond motifs is 9. The van der Waals surface area contributed by atoms with Gasteiger partial charge in [0, 0.05) is 19.3 Å². The molecule has 0 amide bonds. The van der Waals surface area contributed by atoms with Gasteiger partial charge in [0.2, 0.25) is 18.3 Å². The molecule has 22 unspecified atom stereocenters. The van der Waals surface area contributed by atoms with Crippen LogP contribution < -0.4 is 0 Å². The third-order valence-corrected chi connectivity index (χ3v) is 22.2. The van der Waals surface area contributed by atoms with Crippen LogP contribution >= 0.6 is 0 Å². The number of halogens is 18. The van der Waals surface area contributed by atoms with Crippen LogP contribution in [0.1, 0.15) is 168 Å². The van der Waals surface area contributed by atoms with E-state index in [0.717, 1.165) is 13.8 Å². The topological polar surface area (TPSA) is 372 Å². The highest BCUT2D eigenvalue weighted by atomic mass is 19.4. The Bertz CT molecular complexity index is 3770. The maximum Gasteiger partial charge on any atom is 0.434 e. The fourth-order valence-electron chi connectivity index (χ4n) is 13.3. The van der Waals surface area contributed by atoms with Crippen LogP contribution in [0.5, 0.6) is 0 Å². The van der Waals surface area contributed by atoms with E-state index in [0.29, 0.717) is 45.6 Å². The third-order valence-electron chi connectivity index (χ3n) is 22.2. The Morgan fingerprint density at radius 1 is 0.421 bits per heavy atom. The molecule has 11 fully saturated rings. The molecule has 0 N–H and O–H groups in total. The molecule has 1 saturated carbocycles. The van der Waals surface area contributed by atoms with Crippen molar-refractivity contribution in [1.29, 1.82) is 0 Å². The van der Waals surface area contributed by atoms with E-state index in [1.807, 2.05) is 6.92 Å². The van der Waals surface area contributed by atoms with Gasteiger partial charge in [-0.15, -0.1) is 0 Å². The predicted molar refractivity (Wildman–Crippen MR) is 351 cm³/mol. The van der Waals surface area contributed by atoms with E-state index in [-0.39, 0.29) is 31.7 Å². The Balaban J connectivity index is 0.000000214. The van der Waals surface area contributed by atoms with Crippen LogP contribution in [0.4, 0.5) is 79.0 Å². The second-order valence-corrected chi connectivity index (χ2v) is 32.3. The van der Waals surface area contributed by atoms with Crippen molar-refractivity contribution in [3.05, 3.63) is 0 Å². The van der Waals surface area contributed by atoms with E-state index < -0.39 is 277 Å². The first-order valence-electron chi connectivity index (χ1n) is 37.9. The number of carbonyl (C=O) groups is 11. The van der Waals surface area contributed by atoms with Crippen LogP contribution in [0.15, 0.2) is 0 Å². The highest BCUT2D eigenvalue weighted by Gasteiger charge is 2.72. The summed E-state index contributed by atoms with van der Waals surface area (Å²) in [4.78, 5) is 134. The second kappa shape index (κ2) is 35.9. The molecule has 1 aliphatic carbocycles. The Labute approximate surface area is 676 Å². The van der Waals surface area contributed by atoms with Crippen LogP contribution in [-0.4, -0.2) is 243 Å². The quantitative estimate of drug-likeness (QED) is 0.0585. The van der Waals surface area contributed by atoms with E-state index in [1.54, 1.807) is 55.4 Å². The van der Waals surface area contributed by atoms with Crippen LogP contribution in [0.2, 0.25) is 0 Å². The summed E-state index contributed by atoms with van der Waals surface area (Å²) in [5.74, 6) is -21.5. The summed E-state index contributed by atoms with van der Waals surface area (Å²) in [6, 6.07) is 0. The molecule has 22 atom stereocenters. The summed E-state index contributed by atoms with van der Waals surface area (Å²) < 4.78 is 333. The van der Waals surface area contributed by atoms with Crippen LogP contribution in [-0.2, 0) is 147 Å². The molecular weight excluding hydrogens is 1700 g/mol. The molecule has 10 heterocycles. The predicted octanol–water partition coefficient (Wildman–Crippen LogP) is 10.2. The first-order valence-corrected chi connectivity index (χ1v) is 37.9. The first-order chi connectivity index (χ1) is 55.2. The molecule has 1 spiro atoms. The lowest BCUT2D eigenvalue weighted by Gasteiger charge is -2.36. The molecule has 11 aliphatic rings. The lowest BCUT2D eigenvalue weighted by molar-refractivity contribution is -0.315. The van der Waals surface area contributed by atoms with Crippen molar-refractivity contribution in [3.63, 3.8) is 0 Å². The smallest absolute Gasteiger partial charge is 0.434 e. The molecular formula is C72H90F18O31. The van der Waals surface area contributed by atoms with Crippen molar-refractivity contribution in [3.8, 4) is 0 Å². The lowest BCUT2D eigenvalue weighted by atomic mass is 9.85. The average molecular weight is 1790 g/mol. The van der Waals surface area contributed by atoms with Crippen molar-refractivity contribution in [1.82, 2.24) is 0 Å². The number of esters is 11. The van der Waals surface area contributed by atoms with Gasteiger partial charge in [0.15, 0.2) is 85.1 Å². The summed E-state index contributed by atoms with van der Waals surface area (Å²) in [6.45, 7) is 22.4. The Morgan fingerprint density at radius 2 is 0.785 bits per heavy atom. The standard InChI is InChI=1S/C24H27F9O11.C22H26F6O9.C18H24O9.C8H13F3O2/c1-6-20(3,4)19(37)42-13-11-12(40-16(13)36)14-17(41-11)44-21(5,43-14)9(15(35)38-8(2)22(25,26)27)7-10(34)39-18(23(28,29)30)24(31,32)33;1-4-19(2,3)18(31)34-12-10-11(32-15(12)30)13-16(33-10)37-20(36-13)7-5-9(6-8-20)14(29)35-17(21(23,24)25)22(26,27)28;1-5-17(2,3)16(21)25-11-9-10(23-14(11)20)12-15(24-9)27-18(4,26-12)8-6-7-22-13(8)19;1-4-5(2)7(12)13-6(3)8(9,10)11/h8-9,11-14,17-18H,6-7H2,1-5H3;9-13,16-17H,4-8H2,1-3H3;8-12,15H,5-7H2,1-4H3;5-6H,4H2,1-3H3. The fraction of sp³-hybridized carbons (Fsp3) is 0.847. The highest BCUT2D eigenvalue weighted by Crippen LogP contribution is 2.53. The number of rotatable bonds is 21. The maximum absolute atomic E-state index is 13.1. The summed E-state index contributed by atoms with van der Waals surface area (Å²) in [7, 11) is 0. The van der Waals surface area contributed by atoms with E-state index in [1.165, 1.54) is 20.8 Å². The monoisotopic (exact) mass is 1790 g/mol. The minimum Gasteiger partial charge on any atom is -0.465 e. The second-order valence-electron chi connectivity index (χ2n) is 32.3. The number of hydrogen-bond acceptors (Lipinski definition) is 31. The number of alkyl halides is 18. The molecule has 0 radical (unpaired) electrons. The van der Waals surface area contributed by atoms with Crippen molar-refractivity contribution in [2.75, 3.05) is 6.61 Å². The molecule has 0 bridgehead atoms. The molecule has 0 aromatic carbocycles. The van der Waals surface area contributed by atoms with Crippen LogP contribution in [0.25, 0.3) is 0 Å². The highest BCUT2D eigenvalue weighted by molar-refractivity contribution is 5.86. The van der Waals surface area contributed by atoms with Gasteiger partial charge in [-0.25, -0.2) is 14.4 Å². The van der Waals surface area contributed by atoms with Gasteiger partial charge in [0.1, 0.15) is 30.1 Å². The summed E-state index contributed by atoms with van der Waals surface area (Å²) in [5.41, 5.74) is -2.59. The van der Waals surface area contributed by atoms with Gasteiger partial charge in [-0.05, 0) is 108 Å². The minimum absolute atomic E-state index is 0.0553. The zero-order valence-electron chi connectivity index (χ0n) is 67.0. The molecule has 121 heavy (non-hydrogen) atoms. The third kappa shape index (κ3) is 22.1. The Morgan fingerprint density at radius 3 is 1.15 bits per heavy atom. The molecule has 690 valence electrons. The molecule has 0 aromatic rings. The van der Waals surface area contributed by atoms with Gasteiger partial charge in [-0.3, -0.25) is 38.4 Å². The average Bonchev–Trinajstić information content (AvgIpc) is 1.58. The van der Waals surface area contributed by atoms with Gasteiger partial charge in [0.25, 0.3) is 12.2 Å². The molecule has 10 saturated heterocycles. The summed E-state index contributed by atoms with van der Waals surface area (Å²) in [6.07, 6.45) is -64.1. The largest absolute Gasteiger partial charge is 0.465 e. The molecule has 11 rings (SSSR count). The van der Waals surface area contributed by atoms with E-state index in [2.05, 4.69) is 18.9 Å². The van der Waals surface area contributed by atoms with E-state index in [4.69, 9.17) is 75.8 Å². The number of ether oxygens (including phenoxy) is 20. The number of cyclic esters (lactones) is 1. The zero-order chi connectivity index (χ0) is 91.6. The van der Waals surface area contributed by atoms with Gasteiger partial charge >= 0.3 is 103 Å². The van der Waals surface area contributed by atoms with Crippen molar-refractivity contribution in [2.45, 2.75) is 339 Å². The first kappa shape index (κ1) is 99.0. The van der Waals surface area contributed by atoms with Gasteiger partial charge in [0.05, 0.1) is 41.1 Å². The molecule has 49 heteroatoms. The van der Waals surface area contributed by atoms with Crippen molar-refractivity contribution in [2.24, 2.45) is 39.9 Å². The molecule has 0 aromatic heterocycles. The number of hydrogen-bond donors (Lipinski definition) is 0. The van der Waals surface area contributed by atoms with Gasteiger partial charge < -0.3 is 94.7 Å². The normalized spacial score (nSPS) is 33.4. The van der Waals surface area contributed by atoms with Crippen molar-refractivity contribution < 1.29 is 227 Å². The lowest BCUT2D eigenvalue weighted by Crippen LogP contribution is -2.49. The van der Waals surface area contributed by atoms with Gasteiger partial charge in [-0.1, -0.05) is 34.6 Å². The van der Waals surface area contributed by atoms with Crippen molar-refractivity contribution >= 4 is 65.7 Å². The summed E-state index contributed by atoms with van der Waals surface area (Å²) in [5, 5.41) is 0. The molecule has 10 aliphatic heterocycles. The Hall–Kier alpha value is -7.45. The van der Waals surface area contributed by atoms with E-state index in [9.17, 15) is 132 Å². The van der Waals surface area contributed by atoms with E-state index >= 15 is 0 Å². The SMILES string of the molecule is CCC(C)(C)C(=O)OC1C(=O)OC2C3OC(C)(C(CC(=O)OC(C(F)(F)F)C(F)(F)F)C(=O)OC(C)C(F)(F)F)OC3OC12.CCC(C)(C)C(=O)OC1C(=O)OC2C3OC(C)(C4CCOC4=O)OC3OC12.CCC(C)(C)C(=O)OC1C(=O)OC2C3OC4(CCC(C(=O)OC(C(F)(F)F)C(F)(F)F)CC4)OC3OC12.CCC(C)C(=O)OC(C)C(F)(F)F. The number of carbonyl (C=O) groups excluding carboxylic acids is 11. The molecule has 31 nitrogen and oxygen atoms in total. The fourth-order valence-corrected chi connectivity index (χ4v) is 13.3. The van der Waals surface area contributed by atoms with Crippen LogP contribution in [0, 0.1) is 39.9 Å².